The molecule has 2 aromatic carbocycles. The predicted octanol–water partition coefficient (Wildman–Crippen LogP) is 3.36. The fraction of sp³-hybridized carbons (Fsp3) is 0.391. The third-order valence-corrected chi connectivity index (χ3v) is 7.28. The van der Waals surface area contributed by atoms with Gasteiger partial charge in [0.05, 0.1) is 0 Å². The van der Waals surface area contributed by atoms with Crippen LogP contribution in [0.15, 0.2) is 48.5 Å². The Balaban J connectivity index is 1.18. The molecule has 3 aliphatic heterocycles. The first-order valence-corrected chi connectivity index (χ1v) is 11.6. The first kappa shape index (κ1) is 20.1. The molecule has 0 spiro atoms. The van der Waals surface area contributed by atoms with E-state index in [2.05, 4.69) is 12.1 Å². The third-order valence-electron chi connectivity index (χ3n) is 5.95. The zero-order chi connectivity index (χ0) is 21.2. The lowest BCUT2D eigenvalue weighted by molar-refractivity contribution is -0.131. The van der Waals surface area contributed by atoms with E-state index in [1.165, 1.54) is 5.56 Å². The highest BCUT2D eigenvalue weighted by Gasteiger charge is 2.32. The van der Waals surface area contributed by atoms with Crippen LogP contribution >= 0.6 is 11.8 Å². The van der Waals surface area contributed by atoms with Crippen LogP contribution in [0.3, 0.4) is 0 Å². The van der Waals surface area contributed by atoms with Crippen molar-refractivity contribution >= 4 is 29.4 Å². The first-order valence-electron chi connectivity index (χ1n) is 10.6. The molecule has 7 nitrogen and oxygen atoms in total. The van der Waals surface area contributed by atoms with Gasteiger partial charge in [-0.15, -0.1) is 0 Å². The van der Waals surface area contributed by atoms with Crippen molar-refractivity contribution in [3.63, 3.8) is 0 Å². The average molecular weight is 440 g/mol. The van der Waals surface area contributed by atoms with Gasteiger partial charge < -0.3 is 19.3 Å². The van der Waals surface area contributed by atoms with Crippen LogP contribution in [-0.4, -0.2) is 67.0 Å². The number of fused-ring (bicyclic) bond motifs is 1. The van der Waals surface area contributed by atoms with Gasteiger partial charge in [-0.1, -0.05) is 24.3 Å². The van der Waals surface area contributed by atoms with Crippen LogP contribution in [0.5, 0.6) is 11.5 Å². The third kappa shape index (κ3) is 4.17. The maximum atomic E-state index is 13.0. The Bertz CT molecular complexity index is 971. The molecule has 2 saturated heterocycles. The summed E-state index contributed by atoms with van der Waals surface area (Å²) in [6, 6.07) is 15.6. The number of ether oxygens (including phenoxy) is 2. The average Bonchev–Trinajstić information content (AvgIpc) is 3.32. The van der Waals surface area contributed by atoms with Crippen molar-refractivity contribution in [2.75, 3.05) is 50.2 Å². The topological polar surface area (TPSA) is 62.3 Å². The van der Waals surface area contributed by atoms with Crippen molar-refractivity contribution in [3.05, 3.63) is 54.1 Å². The fourth-order valence-corrected chi connectivity index (χ4v) is 5.46. The molecule has 162 valence electrons. The van der Waals surface area contributed by atoms with Gasteiger partial charge in [-0.3, -0.25) is 9.69 Å². The van der Waals surface area contributed by atoms with Gasteiger partial charge in [-0.2, -0.15) is 11.8 Å². The van der Waals surface area contributed by atoms with Crippen LogP contribution in [0.2, 0.25) is 0 Å². The maximum Gasteiger partial charge on any atom is 0.325 e. The smallest absolute Gasteiger partial charge is 0.325 e. The van der Waals surface area contributed by atoms with Crippen LogP contribution in [0.25, 0.3) is 0 Å². The summed E-state index contributed by atoms with van der Waals surface area (Å²) in [4.78, 5) is 31.0. The van der Waals surface area contributed by atoms with Gasteiger partial charge in [0.25, 0.3) is 0 Å². The summed E-state index contributed by atoms with van der Waals surface area (Å²) in [6.45, 7) is 2.99. The molecule has 31 heavy (non-hydrogen) atoms. The summed E-state index contributed by atoms with van der Waals surface area (Å²) >= 11 is 1.87. The Morgan fingerprint density at radius 3 is 2.71 bits per heavy atom. The van der Waals surface area contributed by atoms with E-state index < -0.39 is 0 Å². The van der Waals surface area contributed by atoms with E-state index in [4.69, 9.17) is 9.47 Å². The van der Waals surface area contributed by atoms with Crippen LogP contribution in [-0.2, 0) is 4.79 Å². The first-order chi connectivity index (χ1) is 15.2. The molecule has 0 radical (unpaired) electrons. The van der Waals surface area contributed by atoms with Gasteiger partial charge in [0.2, 0.25) is 12.7 Å². The number of urea groups is 1. The van der Waals surface area contributed by atoms with Crippen LogP contribution < -0.4 is 14.4 Å². The van der Waals surface area contributed by atoms with E-state index in [1.54, 1.807) is 9.80 Å². The summed E-state index contributed by atoms with van der Waals surface area (Å²) in [6.07, 6.45) is 0.875. The second-order valence-corrected chi connectivity index (χ2v) is 9.14. The Hall–Kier alpha value is -2.87. The monoisotopic (exact) mass is 439 g/mol. The Kier molecular flexibility index (Phi) is 5.63. The molecule has 1 unspecified atom stereocenters. The normalized spacial score (nSPS) is 20.8. The highest BCUT2D eigenvalue weighted by Crippen LogP contribution is 2.40. The van der Waals surface area contributed by atoms with E-state index in [0.717, 1.165) is 29.4 Å². The number of para-hydroxylation sites is 1. The standard InChI is InChI=1S/C23H25N3O4S/c27-22(15-25-10-11-26(23(25)28)18-4-2-1-3-5-18)24-9-8-21(31-13-12-24)17-6-7-19-20(14-17)30-16-29-19/h1-7,14,21H,8-13,15-16H2. The number of rotatable bonds is 4. The summed E-state index contributed by atoms with van der Waals surface area (Å²) in [5.41, 5.74) is 2.08. The fourth-order valence-electron chi connectivity index (χ4n) is 4.24. The Labute approximate surface area is 185 Å². The zero-order valence-electron chi connectivity index (χ0n) is 17.2. The molecule has 2 aromatic rings. The van der Waals surface area contributed by atoms with Crippen molar-refractivity contribution in [1.29, 1.82) is 0 Å². The number of hydrogen-bond donors (Lipinski definition) is 0. The lowest BCUT2D eigenvalue weighted by Gasteiger charge is -2.24. The summed E-state index contributed by atoms with van der Waals surface area (Å²) < 4.78 is 10.9. The summed E-state index contributed by atoms with van der Waals surface area (Å²) in [5.74, 6) is 2.48. The predicted molar refractivity (Wildman–Crippen MR) is 120 cm³/mol. The molecule has 3 amide bonds. The molecular formula is C23H25N3O4S. The molecule has 3 heterocycles. The summed E-state index contributed by atoms with van der Waals surface area (Å²) in [7, 11) is 0. The molecule has 5 rings (SSSR count). The highest BCUT2D eigenvalue weighted by molar-refractivity contribution is 7.99. The number of carbonyl (C=O) groups is 2. The van der Waals surface area contributed by atoms with Gasteiger partial charge in [0, 0.05) is 42.9 Å². The number of anilines is 1. The van der Waals surface area contributed by atoms with E-state index in [0.29, 0.717) is 31.4 Å². The highest BCUT2D eigenvalue weighted by atomic mass is 32.2. The molecule has 1 atom stereocenters. The molecule has 0 bridgehead atoms. The molecule has 0 saturated carbocycles. The van der Waals surface area contributed by atoms with E-state index in [1.807, 2.05) is 53.1 Å². The van der Waals surface area contributed by atoms with Crippen molar-refractivity contribution in [2.45, 2.75) is 11.7 Å². The van der Waals surface area contributed by atoms with Gasteiger partial charge >= 0.3 is 6.03 Å². The quantitative estimate of drug-likeness (QED) is 0.731. The Morgan fingerprint density at radius 2 is 1.84 bits per heavy atom. The number of benzene rings is 2. The lowest BCUT2D eigenvalue weighted by atomic mass is 10.1. The molecule has 2 fully saturated rings. The molecular weight excluding hydrogens is 414 g/mol. The Morgan fingerprint density at radius 1 is 1.00 bits per heavy atom. The number of carbonyl (C=O) groups excluding carboxylic acids is 2. The number of amides is 3. The summed E-state index contributed by atoms with van der Waals surface area (Å²) in [5, 5.41) is 0.314. The van der Waals surface area contributed by atoms with Crippen molar-refractivity contribution in [1.82, 2.24) is 9.80 Å². The van der Waals surface area contributed by atoms with Gasteiger partial charge in [-0.05, 0) is 36.2 Å². The van der Waals surface area contributed by atoms with Crippen LogP contribution in [0.1, 0.15) is 17.2 Å². The minimum absolute atomic E-state index is 0.0233. The SMILES string of the molecule is O=C(CN1CCN(c2ccccc2)C1=O)N1CCSC(c2ccc3c(c2)OCO3)CC1. The van der Waals surface area contributed by atoms with E-state index >= 15 is 0 Å². The van der Waals surface area contributed by atoms with Crippen molar-refractivity contribution in [2.24, 2.45) is 0 Å². The minimum Gasteiger partial charge on any atom is -0.454 e. The van der Waals surface area contributed by atoms with Crippen molar-refractivity contribution < 1.29 is 19.1 Å². The second kappa shape index (κ2) is 8.70. The van der Waals surface area contributed by atoms with Gasteiger partial charge in [0.1, 0.15) is 6.54 Å². The lowest BCUT2D eigenvalue weighted by Crippen LogP contribution is -2.43. The van der Waals surface area contributed by atoms with Crippen molar-refractivity contribution in [3.8, 4) is 11.5 Å². The molecule has 3 aliphatic rings. The molecule has 0 aliphatic carbocycles. The van der Waals surface area contributed by atoms with Gasteiger partial charge in [0.15, 0.2) is 11.5 Å². The maximum absolute atomic E-state index is 13.0. The largest absolute Gasteiger partial charge is 0.454 e. The number of hydrogen-bond acceptors (Lipinski definition) is 5. The zero-order valence-corrected chi connectivity index (χ0v) is 18.1. The molecule has 0 aromatic heterocycles. The van der Waals surface area contributed by atoms with E-state index in [9.17, 15) is 9.59 Å². The van der Waals surface area contributed by atoms with Crippen LogP contribution in [0.4, 0.5) is 10.5 Å². The second-order valence-electron chi connectivity index (χ2n) is 7.83. The van der Waals surface area contributed by atoms with Crippen LogP contribution in [0, 0.1) is 0 Å². The minimum atomic E-state index is -0.0954. The number of nitrogens with zero attached hydrogens (tertiary/aromatic N) is 3. The number of thioether (sulfide) groups is 1. The van der Waals surface area contributed by atoms with Gasteiger partial charge in [-0.25, -0.2) is 4.79 Å². The molecule has 8 heteroatoms. The van der Waals surface area contributed by atoms with E-state index in [-0.39, 0.29) is 25.3 Å². The molecule has 0 N–H and O–H groups in total.